The quantitative estimate of drug-likeness (QED) is 0.0458. The van der Waals surface area contributed by atoms with Gasteiger partial charge in [0.25, 0.3) is 0 Å². The smallest absolute Gasteiger partial charge is 0.550 e. The molecule has 0 aromatic rings. The van der Waals surface area contributed by atoms with Crippen molar-refractivity contribution in [1.82, 2.24) is 9.80 Å². The van der Waals surface area contributed by atoms with E-state index in [0.717, 1.165) is 51.6 Å². The number of aliphatic carboxylic acids is 2. The van der Waals surface area contributed by atoms with Crippen LogP contribution in [0.4, 0.5) is 0 Å². The van der Waals surface area contributed by atoms with Crippen LogP contribution in [-0.2, 0) is 9.59 Å². The van der Waals surface area contributed by atoms with Crippen LogP contribution in [0.1, 0.15) is 233 Å². The zero-order valence-corrected chi connectivity index (χ0v) is 37.3. The Labute approximate surface area is 349 Å². The second-order valence-electron chi connectivity index (χ2n) is 15.1. The van der Waals surface area contributed by atoms with Crippen molar-refractivity contribution in [1.29, 1.82) is 0 Å². The van der Waals surface area contributed by atoms with Gasteiger partial charge in [0.2, 0.25) is 0 Å². The molecule has 0 atom stereocenters. The summed E-state index contributed by atoms with van der Waals surface area (Å²) in [6, 6.07) is 0. The summed E-state index contributed by atoms with van der Waals surface area (Å²) in [7, 11) is 0. The summed E-state index contributed by atoms with van der Waals surface area (Å²) < 4.78 is 0. The van der Waals surface area contributed by atoms with Gasteiger partial charge < -0.3 is 29.6 Å². The van der Waals surface area contributed by atoms with Crippen molar-refractivity contribution >= 4 is 49.7 Å². The first kappa shape index (κ1) is 55.5. The monoisotopic (exact) mass is 749 g/mol. The fourth-order valence-electron chi connectivity index (χ4n) is 6.70. The van der Waals surface area contributed by atoms with Crippen LogP contribution in [0.25, 0.3) is 0 Å². The molecular weight excluding hydrogens is 661 g/mol. The summed E-state index contributed by atoms with van der Waals surface area (Å²) in [4.78, 5) is 26.2. The van der Waals surface area contributed by atoms with E-state index in [1.54, 1.807) is 0 Å². The van der Waals surface area contributed by atoms with E-state index in [1.807, 2.05) is 0 Å². The van der Waals surface area contributed by atoms with E-state index in [-0.39, 0.29) is 50.6 Å². The SMILES string of the molecule is CCCCCCCCN(CCCCCCCC)CCCCCC(=O)[O-].CCCCCCCCN(CCCCCCCC)CCCCCC(=O)[O-].[Ca+2]. The van der Waals surface area contributed by atoms with Crippen LogP contribution in [-0.4, -0.2) is 98.7 Å². The third-order valence-corrected chi connectivity index (χ3v) is 10.0. The van der Waals surface area contributed by atoms with Gasteiger partial charge in [-0.1, -0.05) is 169 Å². The van der Waals surface area contributed by atoms with E-state index in [1.165, 1.54) is 180 Å². The zero-order valence-electron chi connectivity index (χ0n) is 35.1. The van der Waals surface area contributed by atoms with Gasteiger partial charge >= 0.3 is 37.7 Å². The minimum Gasteiger partial charge on any atom is -0.550 e. The molecule has 0 saturated carbocycles. The van der Waals surface area contributed by atoms with E-state index in [4.69, 9.17) is 0 Å². The summed E-state index contributed by atoms with van der Waals surface area (Å²) in [5.74, 6) is -1.81. The summed E-state index contributed by atoms with van der Waals surface area (Å²) in [6.07, 6.45) is 38.8. The Morgan fingerprint density at radius 1 is 0.314 bits per heavy atom. The predicted octanol–water partition coefficient (Wildman–Crippen LogP) is 10.3. The molecule has 0 fully saturated rings. The first-order valence-electron chi connectivity index (χ1n) is 22.2. The van der Waals surface area contributed by atoms with Crippen molar-refractivity contribution < 1.29 is 19.8 Å². The minimum absolute atomic E-state index is 0. The number of hydrogen-bond acceptors (Lipinski definition) is 6. The van der Waals surface area contributed by atoms with Gasteiger partial charge in [-0.05, 0) is 103 Å². The Morgan fingerprint density at radius 2 is 0.490 bits per heavy atom. The average Bonchev–Trinajstić information content (AvgIpc) is 3.09. The van der Waals surface area contributed by atoms with Crippen LogP contribution >= 0.6 is 0 Å². The van der Waals surface area contributed by atoms with Gasteiger partial charge in [-0.15, -0.1) is 0 Å². The number of unbranched alkanes of at least 4 members (excludes halogenated alkanes) is 24. The molecule has 0 rings (SSSR count). The van der Waals surface area contributed by atoms with Crippen molar-refractivity contribution in [3.8, 4) is 0 Å². The third kappa shape index (κ3) is 50.1. The van der Waals surface area contributed by atoms with Crippen LogP contribution in [0.3, 0.4) is 0 Å². The van der Waals surface area contributed by atoms with Gasteiger partial charge in [-0.2, -0.15) is 0 Å². The molecule has 6 nitrogen and oxygen atoms in total. The second kappa shape index (κ2) is 48.1. The maximum Gasteiger partial charge on any atom is 2.00 e. The van der Waals surface area contributed by atoms with Crippen LogP contribution in [0, 0.1) is 0 Å². The van der Waals surface area contributed by atoms with Crippen LogP contribution < -0.4 is 10.2 Å². The third-order valence-electron chi connectivity index (χ3n) is 10.0. The van der Waals surface area contributed by atoms with E-state index < -0.39 is 11.9 Å². The van der Waals surface area contributed by atoms with E-state index >= 15 is 0 Å². The molecular formula is C44H88CaN2O4. The maximum absolute atomic E-state index is 10.5. The molecule has 300 valence electrons. The fourth-order valence-corrected chi connectivity index (χ4v) is 6.70. The molecule has 0 aromatic heterocycles. The number of carboxylic acid groups (broad SMARTS) is 2. The molecule has 0 saturated heterocycles. The summed E-state index contributed by atoms with van der Waals surface area (Å²) in [6.45, 7) is 16.2. The fraction of sp³-hybridized carbons (Fsp3) is 0.955. The molecule has 0 radical (unpaired) electrons. The number of nitrogens with zero attached hydrogens (tertiary/aromatic N) is 2. The molecule has 0 N–H and O–H groups in total. The van der Waals surface area contributed by atoms with Crippen LogP contribution in [0.5, 0.6) is 0 Å². The number of carboxylic acids is 2. The summed E-state index contributed by atoms with van der Waals surface area (Å²) in [5.41, 5.74) is 0. The Balaban J connectivity index is -0.000000886. The molecule has 0 bridgehead atoms. The second-order valence-corrected chi connectivity index (χ2v) is 15.1. The van der Waals surface area contributed by atoms with E-state index in [9.17, 15) is 19.8 Å². The van der Waals surface area contributed by atoms with Crippen LogP contribution in [0.15, 0.2) is 0 Å². The first-order valence-corrected chi connectivity index (χ1v) is 22.2. The molecule has 0 aliphatic heterocycles. The molecule has 0 aliphatic carbocycles. The van der Waals surface area contributed by atoms with Gasteiger partial charge in [0.1, 0.15) is 0 Å². The van der Waals surface area contributed by atoms with Gasteiger partial charge in [-0.3, -0.25) is 0 Å². The average molecular weight is 749 g/mol. The minimum atomic E-state index is -0.906. The number of carbonyl (C=O) groups is 2. The van der Waals surface area contributed by atoms with E-state index in [2.05, 4.69) is 37.5 Å². The largest absolute Gasteiger partial charge is 2.00 e. The maximum atomic E-state index is 10.5. The Morgan fingerprint density at radius 3 is 0.686 bits per heavy atom. The Kier molecular flexibility index (Phi) is 52.3. The van der Waals surface area contributed by atoms with Gasteiger partial charge in [0.15, 0.2) is 0 Å². The molecule has 7 heteroatoms. The molecule has 0 spiro atoms. The summed E-state index contributed by atoms with van der Waals surface area (Å²) >= 11 is 0. The molecule has 0 heterocycles. The van der Waals surface area contributed by atoms with Crippen molar-refractivity contribution in [2.24, 2.45) is 0 Å². The van der Waals surface area contributed by atoms with Gasteiger partial charge in [0.05, 0.1) is 0 Å². The molecule has 0 aliphatic rings. The first-order chi connectivity index (χ1) is 24.4. The number of rotatable bonds is 40. The van der Waals surface area contributed by atoms with Gasteiger partial charge in [0, 0.05) is 11.9 Å². The number of carbonyl (C=O) groups excluding carboxylic acids is 2. The van der Waals surface area contributed by atoms with Gasteiger partial charge in [-0.25, -0.2) is 0 Å². The topological polar surface area (TPSA) is 86.7 Å². The standard InChI is InChI=1S/2C22H45NO2.Ca/c2*1-3-5-7-9-11-15-19-23(20-16-12-10-8-6-4-2)21-17-13-14-18-22(24)25;/h2*3-21H2,1-2H3,(H,24,25);/q;;+2/p-2. The van der Waals surface area contributed by atoms with Crippen molar-refractivity contribution in [3.05, 3.63) is 0 Å². The van der Waals surface area contributed by atoms with Crippen molar-refractivity contribution in [3.63, 3.8) is 0 Å². The Hall–Kier alpha value is 0.120. The summed E-state index contributed by atoms with van der Waals surface area (Å²) in [5, 5.41) is 20.9. The predicted molar refractivity (Wildman–Crippen MR) is 219 cm³/mol. The van der Waals surface area contributed by atoms with Crippen molar-refractivity contribution in [2.75, 3.05) is 39.3 Å². The van der Waals surface area contributed by atoms with E-state index in [0.29, 0.717) is 0 Å². The molecule has 0 amide bonds. The Bertz CT molecular complexity index is 594. The molecule has 51 heavy (non-hydrogen) atoms. The zero-order chi connectivity index (χ0) is 37.2. The number of hydrogen-bond donors (Lipinski definition) is 0. The van der Waals surface area contributed by atoms with Crippen molar-refractivity contribution in [2.45, 2.75) is 233 Å². The molecule has 0 aromatic carbocycles. The van der Waals surface area contributed by atoms with Crippen LogP contribution in [0.2, 0.25) is 0 Å². The molecule has 0 unspecified atom stereocenters. The normalized spacial score (nSPS) is 11.1.